The predicted octanol–water partition coefficient (Wildman–Crippen LogP) is 4.08. The standard InChI is InChI=1S/C23H27ClN4O/c1-18-20(17-25-28(18)19-7-3-2-4-8-19)23(29)11-12-26-13-15-27(16-14-26)22-10-6-5-9-21(22)24/h2-10,17,23,29H,11-16H2,1H3. The monoisotopic (exact) mass is 410 g/mol. The van der Waals surface area contributed by atoms with E-state index in [9.17, 15) is 5.11 Å². The second kappa shape index (κ2) is 8.99. The van der Waals surface area contributed by atoms with Crippen molar-refractivity contribution in [3.8, 4) is 5.69 Å². The normalized spacial score (nSPS) is 16.2. The zero-order valence-corrected chi connectivity index (χ0v) is 17.5. The third-order valence-corrected chi connectivity index (χ3v) is 6.01. The second-order valence-corrected chi connectivity index (χ2v) is 7.92. The highest BCUT2D eigenvalue weighted by atomic mass is 35.5. The SMILES string of the molecule is Cc1c(C(O)CCN2CCN(c3ccccc3Cl)CC2)cnn1-c1ccccc1. The highest BCUT2D eigenvalue weighted by molar-refractivity contribution is 6.33. The Morgan fingerprint density at radius 2 is 1.69 bits per heavy atom. The molecule has 29 heavy (non-hydrogen) atoms. The highest BCUT2D eigenvalue weighted by Gasteiger charge is 2.21. The molecule has 2 aromatic carbocycles. The average Bonchev–Trinajstić information content (AvgIpc) is 3.15. The number of anilines is 1. The molecule has 0 saturated carbocycles. The number of aliphatic hydroxyl groups excluding tert-OH is 1. The number of halogens is 1. The summed E-state index contributed by atoms with van der Waals surface area (Å²) in [5, 5.41) is 16.0. The summed E-state index contributed by atoms with van der Waals surface area (Å²) in [6.07, 6.45) is 1.99. The number of aliphatic hydroxyl groups is 1. The van der Waals surface area contributed by atoms with Gasteiger partial charge in [-0.3, -0.25) is 4.90 Å². The Labute approximate surface area is 177 Å². The van der Waals surface area contributed by atoms with Gasteiger partial charge < -0.3 is 10.0 Å². The maximum atomic E-state index is 10.8. The lowest BCUT2D eigenvalue weighted by molar-refractivity contribution is 0.139. The number of nitrogens with zero attached hydrogens (tertiary/aromatic N) is 4. The molecule has 152 valence electrons. The molecule has 1 fully saturated rings. The zero-order chi connectivity index (χ0) is 20.2. The van der Waals surface area contributed by atoms with Gasteiger partial charge in [0.05, 0.1) is 28.7 Å². The fourth-order valence-corrected chi connectivity index (χ4v) is 4.22. The predicted molar refractivity (Wildman–Crippen MR) is 118 cm³/mol. The molecule has 3 aromatic rings. The molecule has 1 aliphatic rings. The topological polar surface area (TPSA) is 44.5 Å². The number of rotatable bonds is 6. The molecule has 2 heterocycles. The number of hydrogen-bond acceptors (Lipinski definition) is 4. The molecule has 1 atom stereocenters. The van der Waals surface area contributed by atoms with Crippen molar-refractivity contribution in [2.45, 2.75) is 19.4 Å². The van der Waals surface area contributed by atoms with Crippen molar-refractivity contribution < 1.29 is 5.11 Å². The van der Waals surface area contributed by atoms with Gasteiger partial charge in [-0.05, 0) is 37.6 Å². The Balaban J connectivity index is 1.31. The first-order valence-electron chi connectivity index (χ1n) is 10.1. The Morgan fingerprint density at radius 3 is 2.41 bits per heavy atom. The smallest absolute Gasteiger partial charge is 0.0835 e. The molecular weight excluding hydrogens is 384 g/mol. The van der Waals surface area contributed by atoms with Gasteiger partial charge in [-0.1, -0.05) is 41.9 Å². The number of aromatic nitrogens is 2. The van der Waals surface area contributed by atoms with Crippen molar-refractivity contribution in [1.29, 1.82) is 0 Å². The summed E-state index contributed by atoms with van der Waals surface area (Å²) < 4.78 is 1.89. The van der Waals surface area contributed by atoms with Crippen LogP contribution in [0.15, 0.2) is 60.8 Å². The second-order valence-electron chi connectivity index (χ2n) is 7.52. The highest BCUT2D eigenvalue weighted by Crippen LogP contribution is 2.27. The van der Waals surface area contributed by atoms with Gasteiger partial charge in [0, 0.05) is 44.0 Å². The van der Waals surface area contributed by atoms with Gasteiger partial charge in [-0.2, -0.15) is 5.10 Å². The van der Waals surface area contributed by atoms with E-state index in [1.165, 1.54) is 0 Å². The van der Waals surface area contributed by atoms with E-state index in [1.54, 1.807) is 6.20 Å². The number of para-hydroxylation sites is 2. The van der Waals surface area contributed by atoms with Crippen LogP contribution < -0.4 is 4.90 Å². The van der Waals surface area contributed by atoms with Gasteiger partial charge in [0.1, 0.15) is 0 Å². The molecule has 1 unspecified atom stereocenters. The van der Waals surface area contributed by atoms with E-state index < -0.39 is 6.10 Å². The zero-order valence-electron chi connectivity index (χ0n) is 16.7. The maximum Gasteiger partial charge on any atom is 0.0835 e. The van der Waals surface area contributed by atoms with E-state index >= 15 is 0 Å². The third kappa shape index (κ3) is 4.47. The van der Waals surface area contributed by atoms with Crippen molar-refractivity contribution in [2.24, 2.45) is 0 Å². The van der Waals surface area contributed by atoms with Crippen molar-refractivity contribution in [2.75, 3.05) is 37.6 Å². The molecule has 6 heteroatoms. The molecule has 0 bridgehead atoms. The summed E-state index contributed by atoms with van der Waals surface area (Å²) >= 11 is 6.33. The van der Waals surface area contributed by atoms with E-state index in [0.29, 0.717) is 6.42 Å². The third-order valence-electron chi connectivity index (χ3n) is 5.69. The van der Waals surface area contributed by atoms with Crippen molar-refractivity contribution >= 4 is 17.3 Å². The molecule has 4 rings (SSSR count). The van der Waals surface area contributed by atoms with Crippen molar-refractivity contribution in [3.05, 3.63) is 77.1 Å². The molecule has 0 amide bonds. The van der Waals surface area contributed by atoms with Gasteiger partial charge in [0.2, 0.25) is 0 Å². The van der Waals surface area contributed by atoms with Crippen LogP contribution in [0.4, 0.5) is 5.69 Å². The van der Waals surface area contributed by atoms with Crippen LogP contribution in [-0.2, 0) is 0 Å². The minimum absolute atomic E-state index is 0.506. The lowest BCUT2D eigenvalue weighted by Gasteiger charge is -2.36. The number of hydrogen-bond donors (Lipinski definition) is 1. The summed E-state index contributed by atoms with van der Waals surface area (Å²) in [5.74, 6) is 0. The summed E-state index contributed by atoms with van der Waals surface area (Å²) in [4.78, 5) is 4.75. The molecule has 1 N–H and O–H groups in total. The molecular formula is C23H27ClN4O. The van der Waals surface area contributed by atoms with Gasteiger partial charge in [0.15, 0.2) is 0 Å². The molecule has 0 radical (unpaired) electrons. The molecule has 1 aliphatic heterocycles. The summed E-state index contributed by atoms with van der Waals surface area (Å²) in [6.45, 7) is 6.73. The van der Waals surface area contributed by atoms with Crippen LogP contribution in [0.1, 0.15) is 23.8 Å². The van der Waals surface area contributed by atoms with Crippen LogP contribution >= 0.6 is 11.6 Å². The van der Waals surface area contributed by atoms with Crippen LogP contribution in [0, 0.1) is 6.92 Å². The first kappa shape index (κ1) is 20.0. The Hall–Kier alpha value is -2.34. The summed E-state index contributed by atoms with van der Waals surface area (Å²) in [7, 11) is 0. The lowest BCUT2D eigenvalue weighted by Crippen LogP contribution is -2.46. The number of benzene rings is 2. The van der Waals surface area contributed by atoms with Gasteiger partial charge in [0.25, 0.3) is 0 Å². The van der Waals surface area contributed by atoms with E-state index in [2.05, 4.69) is 21.0 Å². The minimum atomic E-state index is -0.506. The lowest BCUT2D eigenvalue weighted by atomic mass is 10.1. The molecule has 5 nitrogen and oxygen atoms in total. The first-order valence-corrected chi connectivity index (χ1v) is 10.5. The summed E-state index contributed by atoms with van der Waals surface area (Å²) in [6, 6.07) is 18.0. The minimum Gasteiger partial charge on any atom is -0.388 e. The molecule has 0 spiro atoms. The molecule has 1 saturated heterocycles. The van der Waals surface area contributed by atoms with Crippen LogP contribution in [0.25, 0.3) is 5.69 Å². The first-order chi connectivity index (χ1) is 14.1. The Morgan fingerprint density at radius 1 is 1.00 bits per heavy atom. The van der Waals surface area contributed by atoms with Crippen molar-refractivity contribution in [3.63, 3.8) is 0 Å². The maximum absolute atomic E-state index is 10.8. The number of piperazine rings is 1. The quantitative estimate of drug-likeness (QED) is 0.665. The van der Waals surface area contributed by atoms with E-state index in [-0.39, 0.29) is 0 Å². The average molecular weight is 411 g/mol. The molecule has 1 aromatic heterocycles. The van der Waals surface area contributed by atoms with Crippen LogP contribution in [0.2, 0.25) is 5.02 Å². The van der Waals surface area contributed by atoms with Gasteiger partial charge in [-0.25, -0.2) is 4.68 Å². The fraction of sp³-hybridized carbons (Fsp3) is 0.348. The van der Waals surface area contributed by atoms with Crippen LogP contribution in [-0.4, -0.2) is 52.5 Å². The molecule has 0 aliphatic carbocycles. The van der Waals surface area contributed by atoms with Crippen LogP contribution in [0.3, 0.4) is 0 Å². The van der Waals surface area contributed by atoms with Crippen molar-refractivity contribution in [1.82, 2.24) is 14.7 Å². The summed E-state index contributed by atoms with van der Waals surface area (Å²) in [5.41, 5.74) is 4.02. The van der Waals surface area contributed by atoms with E-state index in [0.717, 1.165) is 60.4 Å². The van der Waals surface area contributed by atoms with E-state index in [1.807, 2.05) is 60.1 Å². The van der Waals surface area contributed by atoms with Gasteiger partial charge >= 0.3 is 0 Å². The van der Waals surface area contributed by atoms with Gasteiger partial charge in [-0.15, -0.1) is 0 Å². The fourth-order valence-electron chi connectivity index (χ4n) is 3.96. The Bertz CT molecular complexity index is 935. The largest absolute Gasteiger partial charge is 0.388 e. The van der Waals surface area contributed by atoms with E-state index in [4.69, 9.17) is 11.6 Å². The van der Waals surface area contributed by atoms with Crippen LogP contribution in [0.5, 0.6) is 0 Å². The Kier molecular flexibility index (Phi) is 6.19.